The first-order valence-corrected chi connectivity index (χ1v) is 6.48. The smallest absolute Gasteiger partial charge is 0.0637 e. The topological polar surface area (TPSA) is 26.0 Å². The zero-order valence-electron chi connectivity index (χ0n) is 10.4. The van der Waals surface area contributed by atoms with Crippen molar-refractivity contribution in [1.82, 2.24) is 0 Å². The van der Waals surface area contributed by atoms with E-state index in [1.54, 1.807) is 6.07 Å². The van der Waals surface area contributed by atoms with Gasteiger partial charge in [0, 0.05) is 0 Å². The molecule has 0 aromatic heterocycles. The molecule has 0 aliphatic heterocycles. The Labute approximate surface area is 118 Å². The van der Waals surface area contributed by atoms with E-state index in [0.29, 0.717) is 10.0 Å². The van der Waals surface area contributed by atoms with E-state index in [9.17, 15) is 0 Å². The second-order valence-electron chi connectivity index (χ2n) is 4.70. The highest BCUT2D eigenvalue weighted by Crippen LogP contribution is 2.31. The first-order chi connectivity index (χ1) is 8.41. The van der Waals surface area contributed by atoms with Gasteiger partial charge in [-0.3, -0.25) is 0 Å². The fourth-order valence-corrected chi connectivity index (χ4v) is 2.18. The van der Waals surface area contributed by atoms with E-state index >= 15 is 0 Å². The maximum absolute atomic E-state index is 6.43. The van der Waals surface area contributed by atoms with E-state index < -0.39 is 5.54 Å². The summed E-state index contributed by atoms with van der Waals surface area (Å²) in [6.07, 6.45) is 0. The molecule has 1 atom stereocenters. The molecule has 94 valence electrons. The molecule has 0 aliphatic carbocycles. The Hall–Kier alpha value is -1.02. The summed E-state index contributed by atoms with van der Waals surface area (Å²) >= 11 is 12.0. The normalized spacial score (nSPS) is 14.3. The van der Waals surface area contributed by atoms with Crippen LogP contribution in [-0.2, 0) is 5.54 Å². The lowest BCUT2D eigenvalue weighted by atomic mass is 9.85. The molecule has 2 N–H and O–H groups in total. The third kappa shape index (κ3) is 2.54. The second-order valence-corrected chi connectivity index (χ2v) is 5.51. The number of nitrogens with two attached hydrogens (primary N) is 1. The molecule has 0 heterocycles. The van der Waals surface area contributed by atoms with Gasteiger partial charge in [0.05, 0.1) is 15.6 Å². The number of halogens is 2. The van der Waals surface area contributed by atoms with Crippen molar-refractivity contribution in [2.24, 2.45) is 5.73 Å². The molecule has 0 saturated heterocycles. The van der Waals surface area contributed by atoms with Crippen LogP contribution in [0, 0.1) is 6.92 Å². The van der Waals surface area contributed by atoms with E-state index in [2.05, 4.69) is 19.1 Å². The van der Waals surface area contributed by atoms with Gasteiger partial charge < -0.3 is 5.73 Å². The summed E-state index contributed by atoms with van der Waals surface area (Å²) in [5.41, 5.74) is 9.05. The van der Waals surface area contributed by atoms with Gasteiger partial charge in [-0.2, -0.15) is 0 Å². The van der Waals surface area contributed by atoms with Crippen LogP contribution in [0.5, 0.6) is 0 Å². The van der Waals surface area contributed by atoms with Crippen LogP contribution in [0.15, 0.2) is 42.5 Å². The number of benzene rings is 2. The lowest BCUT2D eigenvalue weighted by Gasteiger charge is -2.26. The molecule has 1 unspecified atom stereocenters. The largest absolute Gasteiger partial charge is 0.318 e. The van der Waals surface area contributed by atoms with E-state index in [4.69, 9.17) is 28.9 Å². The van der Waals surface area contributed by atoms with Crippen LogP contribution >= 0.6 is 23.2 Å². The minimum Gasteiger partial charge on any atom is -0.318 e. The van der Waals surface area contributed by atoms with Crippen molar-refractivity contribution < 1.29 is 0 Å². The molecule has 2 aromatic carbocycles. The maximum Gasteiger partial charge on any atom is 0.0637 e. The van der Waals surface area contributed by atoms with E-state index in [1.165, 1.54) is 5.56 Å². The first-order valence-electron chi connectivity index (χ1n) is 5.73. The summed E-state index contributed by atoms with van der Waals surface area (Å²) in [4.78, 5) is 0. The number of rotatable bonds is 2. The number of hydrogen-bond donors (Lipinski definition) is 1. The fourth-order valence-electron chi connectivity index (χ4n) is 1.89. The van der Waals surface area contributed by atoms with Crippen molar-refractivity contribution in [3.8, 4) is 0 Å². The highest BCUT2D eigenvalue weighted by Gasteiger charge is 2.24. The van der Waals surface area contributed by atoms with Gasteiger partial charge in [-0.15, -0.1) is 0 Å². The van der Waals surface area contributed by atoms with Crippen molar-refractivity contribution in [2.45, 2.75) is 19.4 Å². The van der Waals surface area contributed by atoms with Gasteiger partial charge in [-0.1, -0.05) is 59.1 Å². The van der Waals surface area contributed by atoms with Crippen LogP contribution < -0.4 is 5.73 Å². The maximum atomic E-state index is 6.43. The summed E-state index contributed by atoms with van der Waals surface area (Å²) < 4.78 is 0. The van der Waals surface area contributed by atoms with Crippen molar-refractivity contribution in [1.29, 1.82) is 0 Å². The third-order valence-corrected chi connectivity index (χ3v) is 3.91. The van der Waals surface area contributed by atoms with Crippen molar-refractivity contribution in [3.05, 3.63) is 69.2 Å². The zero-order valence-corrected chi connectivity index (χ0v) is 11.9. The summed E-state index contributed by atoms with van der Waals surface area (Å²) in [5, 5.41) is 1.07. The minimum atomic E-state index is -0.581. The van der Waals surface area contributed by atoms with Crippen LogP contribution in [-0.4, -0.2) is 0 Å². The Kier molecular flexibility index (Phi) is 3.67. The number of hydrogen-bond acceptors (Lipinski definition) is 1. The minimum absolute atomic E-state index is 0.526. The van der Waals surface area contributed by atoms with E-state index in [1.807, 2.05) is 31.2 Å². The quantitative estimate of drug-likeness (QED) is 0.859. The molecule has 1 nitrogen and oxygen atoms in total. The standard InChI is InChI=1S/C15H15Cl2N/c1-10-3-5-11(6-4-10)15(2,18)12-7-8-13(16)14(17)9-12/h3-9H,18H2,1-2H3. The van der Waals surface area contributed by atoms with Gasteiger partial charge in [0.25, 0.3) is 0 Å². The fraction of sp³-hybridized carbons (Fsp3) is 0.200. The summed E-state index contributed by atoms with van der Waals surface area (Å²) in [6, 6.07) is 13.7. The lowest BCUT2D eigenvalue weighted by Crippen LogP contribution is -2.34. The van der Waals surface area contributed by atoms with Crippen LogP contribution in [0.4, 0.5) is 0 Å². The van der Waals surface area contributed by atoms with Gasteiger partial charge in [-0.25, -0.2) is 0 Å². The Morgan fingerprint density at radius 2 is 1.44 bits per heavy atom. The highest BCUT2D eigenvalue weighted by atomic mass is 35.5. The molecule has 18 heavy (non-hydrogen) atoms. The van der Waals surface area contributed by atoms with Crippen LogP contribution in [0.3, 0.4) is 0 Å². The van der Waals surface area contributed by atoms with Crippen molar-refractivity contribution in [2.75, 3.05) is 0 Å². The van der Waals surface area contributed by atoms with Gasteiger partial charge >= 0.3 is 0 Å². The Morgan fingerprint density at radius 1 is 0.889 bits per heavy atom. The monoisotopic (exact) mass is 279 g/mol. The molecule has 3 heteroatoms. The van der Waals surface area contributed by atoms with Crippen molar-refractivity contribution >= 4 is 23.2 Å². The third-order valence-electron chi connectivity index (χ3n) is 3.17. The average molecular weight is 280 g/mol. The molecule has 0 bridgehead atoms. The molecule has 0 spiro atoms. The van der Waals surface area contributed by atoms with Crippen molar-refractivity contribution in [3.63, 3.8) is 0 Å². The van der Waals surface area contributed by atoms with Gasteiger partial charge in [0.1, 0.15) is 0 Å². The summed E-state index contributed by atoms with van der Waals surface area (Å²) in [5.74, 6) is 0. The molecular formula is C15H15Cl2N. The summed E-state index contributed by atoms with van der Waals surface area (Å²) in [7, 11) is 0. The summed E-state index contributed by atoms with van der Waals surface area (Å²) in [6.45, 7) is 4.02. The zero-order chi connectivity index (χ0) is 13.3. The Balaban J connectivity index is 2.46. The van der Waals surface area contributed by atoms with Gasteiger partial charge in [0.2, 0.25) is 0 Å². The first kappa shape index (κ1) is 13.4. The molecule has 0 saturated carbocycles. The second kappa shape index (κ2) is 4.93. The highest BCUT2D eigenvalue weighted by molar-refractivity contribution is 6.42. The molecule has 0 amide bonds. The van der Waals surface area contributed by atoms with Crippen LogP contribution in [0.2, 0.25) is 10.0 Å². The SMILES string of the molecule is Cc1ccc(C(C)(N)c2ccc(Cl)c(Cl)c2)cc1. The predicted octanol–water partition coefficient (Wildman–Crippen LogP) is 4.52. The molecule has 2 rings (SSSR count). The molecule has 0 aliphatic rings. The van der Waals surface area contributed by atoms with E-state index in [0.717, 1.165) is 11.1 Å². The Bertz CT molecular complexity index is 559. The van der Waals surface area contributed by atoms with E-state index in [-0.39, 0.29) is 0 Å². The predicted molar refractivity (Wildman–Crippen MR) is 78.3 cm³/mol. The average Bonchev–Trinajstić information content (AvgIpc) is 2.33. The van der Waals surface area contributed by atoms with Gasteiger partial charge in [0.15, 0.2) is 0 Å². The van der Waals surface area contributed by atoms with Crippen LogP contribution in [0.25, 0.3) is 0 Å². The molecule has 2 aromatic rings. The van der Waals surface area contributed by atoms with Crippen LogP contribution in [0.1, 0.15) is 23.6 Å². The molecular weight excluding hydrogens is 265 g/mol. The Morgan fingerprint density at radius 3 is 2.00 bits per heavy atom. The van der Waals surface area contributed by atoms with Gasteiger partial charge in [-0.05, 0) is 37.1 Å². The lowest BCUT2D eigenvalue weighted by molar-refractivity contribution is 0.603. The molecule has 0 fully saturated rings. The number of aryl methyl sites for hydroxylation is 1. The molecule has 0 radical (unpaired) electrons.